The lowest BCUT2D eigenvalue weighted by Gasteiger charge is -2.02. The SMILES string of the molecule is Cc1cc(Br)cc(-n2cc(CCC(=O)O)nn2)c1. The van der Waals surface area contributed by atoms with E-state index in [4.69, 9.17) is 5.11 Å². The predicted octanol–water partition coefficient (Wildman–Crippen LogP) is 2.36. The maximum absolute atomic E-state index is 10.5. The maximum atomic E-state index is 10.5. The highest BCUT2D eigenvalue weighted by atomic mass is 79.9. The monoisotopic (exact) mass is 309 g/mol. The van der Waals surface area contributed by atoms with Gasteiger partial charge >= 0.3 is 5.97 Å². The Kier molecular flexibility index (Phi) is 3.76. The fourth-order valence-corrected chi connectivity index (χ4v) is 2.22. The zero-order valence-corrected chi connectivity index (χ0v) is 11.4. The number of halogens is 1. The zero-order valence-electron chi connectivity index (χ0n) is 9.80. The number of carboxylic acid groups (broad SMARTS) is 1. The van der Waals surface area contributed by atoms with Gasteiger partial charge in [0, 0.05) is 10.9 Å². The van der Waals surface area contributed by atoms with Crippen molar-refractivity contribution >= 4 is 21.9 Å². The molecule has 0 spiro atoms. The molecule has 0 radical (unpaired) electrons. The molecule has 0 atom stereocenters. The van der Waals surface area contributed by atoms with Crippen molar-refractivity contribution in [2.45, 2.75) is 19.8 Å². The van der Waals surface area contributed by atoms with Crippen LogP contribution in [0.3, 0.4) is 0 Å². The molecule has 0 unspecified atom stereocenters. The molecule has 1 aromatic carbocycles. The smallest absolute Gasteiger partial charge is 0.303 e. The Morgan fingerprint density at radius 2 is 2.22 bits per heavy atom. The highest BCUT2D eigenvalue weighted by molar-refractivity contribution is 9.10. The number of carboxylic acids is 1. The molecule has 1 heterocycles. The molecule has 94 valence electrons. The van der Waals surface area contributed by atoms with Crippen LogP contribution in [0.25, 0.3) is 5.69 Å². The Balaban J connectivity index is 2.21. The first kappa shape index (κ1) is 12.8. The number of nitrogens with zero attached hydrogens (tertiary/aromatic N) is 3. The molecule has 0 amide bonds. The van der Waals surface area contributed by atoms with Crippen molar-refractivity contribution in [2.24, 2.45) is 0 Å². The number of aliphatic carboxylic acids is 1. The molecule has 0 fully saturated rings. The summed E-state index contributed by atoms with van der Waals surface area (Å²) in [7, 11) is 0. The molecule has 5 nitrogen and oxygen atoms in total. The van der Waals surface area contributed by atoms with Crippen molar-refractivity contribution in [1.29, 1.82) is 0 Å². The third kappa shape index (κ3) is 3.16. The molecule has 0 saturated carbocycles. The van der Waals surface area contributed by atoms with Crippen LogP contribution in [-0.2, 0) is 11.2 Å². The minimum Gasteiger partial charge on any atom is -0.481 e. The topological polar surface area (TPSA) is 68.0 Å². The summed E-state index contributed by atoms with van der Waals surface area (Å²) in [5.74, 6) is -0.831. The lowest BCUT2D eigenvalue weighted by Crippen LogP contribution is -1.97. The van der Waals surface area contributed by atoms with E-state index in [1.165, 1.54) is 0 Å². The van der Waals surface area contributed by atoms with Gasteiger partial charge < -0.3 is 5.11 Å². The fourth-order valence-electron chi connectivity index (χ4n) is 1.62. The first-order valence-corrected chi connectivity index (χ1v) is 6.24. The number of rotatable bonds is 4. The van der Waals surface area contributed by atoms with Crippen molar-refractivity contribution in [2.75, 3.05) is 0 Å². The van der Waals surface area contributed by atoms with E-state index >= 15 is 0 Å². The second-order valence-electron chi connectivity index (χ2n) is 4.03. The molecule has 0 aliphatic heterocycles. The summed E-state index contributed by atoms with van der Waals surface area (Å²) >= 11 is 3.43. The Morgan fingerprint density at radius 3 is 2.89 bits per heavy atom. The first-order chi connectivity index (χ1) is 8.54. The van der Waals surface area contributed by atoms with E-state index in [0.717, 1.165) is 15.7 Å². The van der Waals surface area contributed by atoms with Crippen LogP contribution in [0.2, 0.25) is 0 Å². The van der Waals surface area contributed by atoms with Gasteiger partial charge in [-0.15, -0.1) is 5.10 Å². The normalized spacial score (nSPS) is 10.6. The van der Waals surface area contributed by atoms with Gasteiger partial charge in [-0.1, -0.05) is 21.1 Å². The quantitative estimate of drug-likeness (QED) is 0.941. The lowest BCUT2D eigenvalue weighted by atomic mass is 10.2. The van der Waals surface area contributed by atoms with Crippen LogP contribution in [0, 0.1) is 6.92 Å². The van der Waals surface area contributed by atoms with E-state index in [9.17, 15) is 4.79 Å². The van der Waals surface area contributed by atoms with Gasteiger partial charge in [-0.2, -0.15) is 0 Å². The number of aryl methyl sites for hydroxylation is 2. The summed E-state index contributed by atoms with van der Waals surface area (Å²) in [5.41, 5.74) is 2.69. The van der Waals surface area contributed by atoms with Crippen LogP contribution in [-0.4, -0.2) is 26.1 Å². The second kappa shape index (κ2) is 5.30. The molecule has 0 bridgehead atoms. The van der Waals surface area contributed by atoms with Crippen LogP contribution < -0.4 is 0 Å². The summed E-state index contributed by atoms with van der Waals surface area (Å²) in [6.45, 7) is 2.00. The Labute approximate surface area is 113 Å². The standard InChI is InChI=1S/C12H12BrN3O2/c1-8-4-9(13)6-11(5-8)16-7-10(14-15-16)2-3-12(17)18/h4-7H,2-3H2,1H3,(H,17,18). The largest absolute Gasteiger partial charge is 0.481 e. The number of carbonyl (C=O) groups is 1. The molecule has 18 heavy (non-hydrogen) atoms. The molecule has 2 aromatic rings. The van der Waals surface area contributed by atoms with Crippen molar-refractivity contribution in [3.05, 3.63) is 40.1 Å². The van der Waals surface area contributed by atoms with Crippen molar-refractivity contribution in [3.8, 4) is 5.69 Å². The van der Waals surface area contributed by atoms with Gasteiger partial charge in [0.15, 0.2) is 0 Å². The predicted molar refractivity (Wildman–Crippen MR) is 69.8 cm³/mol. The number of hydrogen-bond acceptors (Lipinski definition) is 3. The third-order valence-corrected chi connectivity index (χ3v) is 2.89. The van der Waals surface area contributed by atoms with E-state index in [2.05, 4.69) is 26.2 Å². The van der Waals surface area contributed by atoms with E-state index in [1.807, 2.05) is 25.1 Å². The van der Waals surface area contributed by atoms with E-state index in [-0.39, 0.29) is 6.42 Å². The van der Waals surface area contributed by atoms with Crippen LogP contribution in [0.15, 0.2) is 28.9 Å². The molecular formula is C12H12BrN3O2. The van der Waals surface area contributed by atoms with Crippen LogP contribution in [0.1, 0.15) is 17.7 Å². The Bertz CT molecular complexity index is 560. The summed E-state index contributed by atoms with van der Waals surface area (Å²) in [5, 5.41) is 16.6. The van der Waals surface area contributed by atoms with Gasteiger partial charge in [0.2, 0.25) is 0 Å². The fraction of sp³-hybridized carbons (Fsp3) is 0.250. The van der Waals surface area contributed by atoms with Crippen molar-refractivity contribution in [1.82, 2.24) is 15.0 Å². The zero-order chi connectivity index (χ0) is 13.1. The summed E-state index contributed by atoms with van der Waals surface area (Å²) < 4.78 is 2.62. The van der Waals surface area contributed by atoms with Gasteiger partial charge in [0.25, 0.3) is 0 Å². The summed E-state index contributed by atoms with van der Waals surface area (Å²) in [6, 6.07) is 5.93. The minimum absolute atomic E-state index is 0.0657. The minimum atomic E-state index is -0.831. The molecule has 6 heteroatoms. The van der Waals surface area contributed by atoms with Gasteiger partial charge in [-0.25, -0.2) is 4.68 Å². The second-order valence-corrected chi connectivity index (χ2v) is 4.95. The highest BCUT2D eigenvalue weighted by Gasteiger charge is 2.06. The van der Waals surface area contributed by atoms with Crippen molar-refractivity contribution in [3.63, 3.8) is 0 Å². The number of aromatic nitrogens is 3. The average Bonchev–Trinajstić information content (AvgIpc) is 2.73. The highest BCUT2D eigenvalue weighted by Crippen LogP contribution is 2.18. The Hall–Kier alpha value is -1.69. The van der Waals surface area contributed by atoms with Gasteiger partial charge in [0.1, 0.15) is 0 Å². The number of benzene rings is 1. The molecule has 0 saturated heterocycles. The lowest BCUT2D eigenvalue weighted by molar-refractivity contribution is -0.136. The molecule has 0 aliphatic rings. The van der Waals surface area contributed by atoms with Crippen LogP contribution >= 0.6 is 15.9 Å². The molecule has 0 aliphatic carbocycles. The molecular weight excluding hydrogens is 298 g/mol. The van der Waals surface area contributed by atoms with Crippen LogP contribution in [0.4, 0.5) is 0 Å². The third-order valence-electron chi connectivity index (χ3n) is 2.43. The van der Waals surface area contributed by atoms with Gasteiger partial charge in [-0.3, -0.25) is 4.79 Å². The molecule has 1 aromatic heterocycles. The first-order valence-electron chi connectivity index (χ1n) is 5.45. The van der Waals surface area contributed by atoms with Crippen LogP contribution in [0.5, 0.6) is 0 Å². The van der Waals surface area contributed by atoms with E-state index in [1.54, 1.807) is 10.9 Å². The summed E-state index contributed by atoms with van der Waals surface area (Å²) in [6.07, 6.45) is 2.21. The van der Waals surface area contributed by atoms with Gasteiger partial charge in [-0.05, 0) is 30.7 Å². The number of hydrogen-bond donors (Lipinski definition) is 1. The Morgan fingerprint density at radius 1 is 1.44 bits per heavy atom. The molecule has 1 N–H and O–H groups in total. The van der Waals surface area contributed by atoms with E-state index < -0.39 is 5.97 Å². The van der Waals surface area contributed by atoms with Crippen molar-refractivity contribution < 1.29 is 9.90 Å². The maximum Gasteiger partial charge on any atom is 0.303 e. The average molecular weight is 310 g/mol. The summed E-state index contributed by atoms with van der Waals surface area (Å²) in [4.78, 5) is 10.5. The van der Waals surface area contributed by atoms with E-state index in [0.29, 0.717) is 12.1 Å². The molecule has 2 rings (SSSR count). The van der Waals surface area contributed by atoms with Gasteiger partial charge in [0.05, 0.1) is 24.0 Å².